The molecule has 3 atom stereocenters. The zero-order valence-corrected chi connectivity index (χ0v) is 22.4. The standard InChI is InChI=1S/C27H33Cl2N3O4/c1-16-12-32(17(2)15-33)27(35)21-11-20(30-26(34)19-5-6-19)7-9-24(21)36-25(16)14-31(3)13-18-4-8-22(28)23(29)10-18/h4,7-11,16-17,19,25,33H,5-6,12-15H2,1-3H3,(H,30,34)/t16-,17+,25+/m0/s1. The second kappa shape index (κ2) is 11.4. The van der Waals surface area contributed by atoms with Crippen LogP contribution in [-0.4, -0.2) is 65.6 Å². The molecule has 0 radical (unpaired) electrons. The van der Waals surface area contributed by atoms with Crippen LogP contribution in [0.2, 0.25) is 10.0 Å². The highest BCUT2D eigenvalue weighted by Gasteiger charge is 2.34. The fraction of sp³-hybridized carbons (Fsp3) is 0.481. The van der Waals surface area contributed by atoms with Crippen LogP contribution < -0.4 is 10.1 Å². The maximum Gasteiger partial charge on any atom is 0.258 e. The Bertz CT molecular complexity index is 1120. The summed E-state index contributed by atoms with van der Waals surface area (Å²) in [5.74, 6) is 0.288. The van der Waals surface area contributed by atoms with Crippen LogP contribution in [0.3, 0.4) is 0 Å². The molecule has 36 heavy (non-hydrogen) atoms. The number of ether oxygens (including phenoxy) is 1. The van der Waals surface area contributed by atoms with Gasteiger partial charge in [0.05, 0.1) is 28.3 Å². The molecule has 4 rings (SSSR count). The predicted octanol–water partition coefficient (Wildman–Crippen LogP) is 4.69. The second-order valence-electron chi connectivity index (χ2n) is 10.0. The number of hydrogen-bond acceptors (Lipinski definition) is 5. The minimum absolute atomic E-state index is 0.00148. The number of anilines is 1. The number of carbonyl (C=O) groups excluding carboxylic acids is 2. The van der Waals surface area contributed by atoms with Crippen LogP contribution >= 0.6 is 23.2 Å². The van der Waals surface area contributed by atoms with E-state index in [9.17, 15) is 14.7 Å². The summed E-state index contributed by atoms with van der Waals surface area (Å²) in [6, 6.07) is 10.4. The molecule has 0 saturated heterocycles. The summed E-state index contributed by atoms with van der Waals surface area (Å²) in [4.78, 5) is 29.7. The Balaban J connectivity index is 1.57. The molecule has 1 heterocycles. The smallest absolute Gasteiger partial charge is 0.258 e. The summed E-state index contributed by atoms with van der Waals surface area (Å²) in [5, 5.41) is 13.8. The third-order valence-corrected chi connectivity index (χ3v) is 7.55. The Morgan fingerprint density at radius 1 is 1.22 bits per heavy atom. The molecule has 0 unspecified atom stereocenters. The fourth-order valence-electron chi connectivity index (χ4n) is 4.43. The van der Waals surface area contributed by atoms with Crippen LogP contribution in [0, 0.1) is 11.8 Å². The van der Waals surface area contributed by atoms with Crippen LogP contribution in [0.4, 0.5) is 5.69 Å². The molecule has 0 spiro atoms. The van der Waals surface area contributed by atoms with Crippen LogP contribution in [0.5, 0.6) is 5.75 Å². The second-order valence-corrected chi connectivity index (χ2v) is 10.9. The minimum Gasteiger partial charge on any atom is -0.488 e. The minimum atomic E-state index is -0.356. The number of nitrogens with one attached hydrogen (secondary N) is 1. The average Bonchev–Trinajstić information content (AvgIpc) is 3.69. The normalized spacial score (nSPS) is 20.9. The van der Waals surface area contributed by atoms with E-state index in [0.29, 0.717) is 46.7 Å². The first kappa shape index (κ1) is 26.7. The predicted molar refractivity (Wildman–Crippen MR) is 142 cm³/mol. The van der Waals surface area contributed by atoms with Crippen LogP contribution in [0.25, 0.3) is 0 Å². The van der Waals surface area contributed by atoms with Gasteiger partial charge in [-0.15, -0.1) is 0 Å². The van der Waals surface area contributed by atoms with Crippen molar-refractivity contribution in [3.8, 4) is 5.75 Å². The third kappa shape index (κ3) is 6.32. The zero-order valence-electron chi connectivity index (χ0n) is 20.8. The molecule has 2 aromatic rings. The lowest BCUT2D eigenvalue weighted by Crippen LogP contribution is -2.49. The van der Waals surface area contributed by atoms with Crippen molar-refractivity contribution in [1.29, 1.82) is 0 Å². The van der Waals surface area contributed by atoms with E-state index in [4.69, 9.17) is 27.9 Å². The number of likely N-dealkylation sites (N-methyl/N-ethyl adjacent to an activating group) is 1. The molecule has 1 aliphatic heterocycles. The fourth-order valence-corrected chi connectivity index (χ4v) is 4.75. The molecule has 0 bridgehead atoms. The van der Waals surface area contributed by atoms with Crippen molar-refractivity contribution in [2.24, 2.45) is 11.8 Å². The Morgan fingerprint density at radius 3 is 2.64 bits per heavy atom. The van der Waals surface area contributed by atoms with E-state index in [0.717, 1.165) is 18.4 Å². The lowest BCUT2D eigenvalue weighted by Gasteiger charge is -2.38. The largest absolute Gasteiger partial charge is 0.488 e. The number of aliphatic hydroxyl groups excluding tert-OH is 1. The molecule has 2 aromatic carbocycles. The molecule has 1 aliphatic carbocycles. The Labute approximate surface area is 222 Å². The van der Waals surface area contributed by atoms with E-state index in [1.807, 2.05) is 26.1 Å². The van der Waals surface area contributed by atoms with E-state index in [1.165, 1.54) is 0 Å². The van der Waals surface area contributed by atoms with Gasteiger partial charge in [-0.2, -0.15) is 0 Å². The molecular formula is C27H33Cl2N3O4. The van der Waals surface area contributed by atoms with Crippen molar-refractivity contribution in [3.63, 3.8) is 0 Å². The van der Waals surface area contributed by atoms with Gasteiger partial charge in [-0.3, -0.25) is 14.5 Å². The summed E-state index contributed by atoms with van der Waals surface area (Å²) in [6.45, 7) is 5.43. The molecule has 1 saturated carbocycles. The van der Waals surface area contributed by atoms with Gasteiger partial charge < -0.3 is 20.1 Å². The third-order valence-electron chi connectivity index (χ3n) is 6.81. The van der Waals surface area contributed by atoms with Gasteiger partial charge >= 0.3 is 0 Å². The van der Waals surface area contributed by atoms with Gasteiger partial charge in [0.15, 0.2) is 0 Å². The first-order valence-electron chi connectivity index (χ1n) is 12.3. The number of nitrogens with zero attached hydrogens (tertiary/aromatic N) is 2. The number of halogens is 2. The Morgan fingerprint density at radius 2 is 1.97 bits per heavy atom. The maximum absolute atomic E-state index is 13.5. The summed E-state index contributed by atoms with van der Waals surface area (Å²) >= 11 is 12.2. The summed E-state index contributed by atoms with van der Waals surface area (Å²) in [6.07, 6.45) is 1.58. The monoisotopic (exact) mass is 533 g/mol. The van der Waals surface area contributed by atoms with Crippen LogP contribution in [0.15, 0.2) is 36.4 Å². The molecule has 194 valence electrons. The van der Waals surface area contributed by atoms with Gasteiger partial charge in [-0.1, -0.05) is 36.2 Å². The highest BCUT2D eigenvalue weighted by molar-refractivity contribution is 6.42. The molecule has 9 heteroatoms. The van der Waals surface area contributed by atoms with Gasteiger partial charge in [-0.05, 0) is 62.7 Å². The molecule has 7 nitrogen and oxygen atoms in total. The number of amides is 2. The van der Waals surface area contributed by atoms with Crippen molar-refractivity contribution >= 4 is 40.7 Å². The van der Waals surface area contributed by atoms with Crippen LogP contribution in [0.1, 0.15) is 42.6 Å². The molecule has 1 fully saturated rings. The Hall–Kier alpha value is -2.32. The molecular weight excluding hydrogens is 501 g/mol. The zero-order chi connectivity index (χ0) is 26.0. The van der Waals surface area contributed by atoms with Gasteiger partial charge in [0.25, 0.3) is 5.91 Å². The molecule has 2 N–H and O–H groups in total. The van der Waals surface area contributed by atoms with E-state index in [-0.39, 0.29) is 42.4 Å². The van der Waals surface area contributed by atoms with E-state index in [2.05, 4.69) is 17.1 Å². The van der Waals surface area contributed by atoms with Gasteiger partial charge in [0.1, 0.15) is 11.9 Å². The Kier molecular flexibility index (Phi) is 8.45. The molecule has 0 aromatic heterocycles. The number of rotatable bonds is 8. The number of aliphatic hydroxyl groups is 1. The maximum atomic E-state index is 13.5. The van der Waals surface area contributed by atoms with Crippen molar-refractivity contribution in [2.45, 2.75) is 45.4 Å². The number of hydrogen-bond donors (Lipinski definition) is 2. The van der Waals surface area contributed by atoms with Crippen molar-refractivity contribution in [2.75, 3.05) is 32.1 Å². The van der Waals surface area contributed by atoms with E-state index < -0.39 is 0 Å². The molecule has 2 aliphatic rings. The van der Waals surface area contributed by atoms with Crippen molar-refractivity contribution in [1.82, 2.24) is 9.80 Å². The van der Waals surface area contributed by atoms with Crippen molar-refractivity contribution in [3.05, 3.63) is 57.6 Å². The molecule has 2 amide bonds. The number of benzene rings is 2. The number of carbonyl (C=O) groups is 2. The summed E-state index contributed by atoms with van der Waals surface area (Å²) in [7, 11) is 2.01. The van der Waals surface area contributed by atoms with Gasteiger partial charge in [-0.25, -0.2) is 0 Å². The van der Waals surface area contributed by atoms with Crippen LogP contribution in [-0.2, 0) is 11.3 Å². The summed E-state index contributed by atoms with van der Waals surface area (Å²) in [5.41, 5.74) is 1.99. The topological polar surface area (TPSA) is 82.1 Å². The average molecular weight is 534 g/mol. The SMILES string of the molecule is C[C@H](CO)N1C[C@H](C)[C@@H](CN(C)Cc2ccc(Cl)c(Cl)c2)Oc2ccc(NC(=O)C3CC3)cc2C1=O. The summed E-state index contributed by atoms with van der Waals surface area (Å²) < 4.78 is 6.44. The van der Waals surface area contributed by atoms with E-state index >= 15 is 0 Å². The first-order valence-corrected chi connectivity index (χ1v) is 13.1. The highest BCUT2D eigenvalue weighted by Crippen LogP contribution is 2.33. The van der Waals surface area contributed by atoms with Gasteiger partial charge in [0.2, 0.25) is 5.91 Å². The lowest BCUT2D eigenvalue weighted by molar-refractivity contribution is -0.117. The highest BCUT2D eigenvalue weighted by atomic mass is 35.5. The first-order chi connectivity index (χ1) is 17.2. The van der Waals surface area contributed by atoms with E-state index in [1.54, 1.807) is 29.2 Å². The van der Waals surface area contributed by atoms with Gasteiger partial charge in [0, 0.05) is 37.2 Å². The number of fused-ring (bicyclic) bond motifs is 1. The quantitative estimate of drug-likeness (QED) is 0.514. The lowest BCUT2D eigenvalue weighted by atomic mass is 9.99. The van der Waals surface area contributed by atoms with Crippen molar-refractivity contribution < 1.29 is 19.4 Å².